The van der Waals surface area contributed by atoms with Crippen molar-refractivity contribution >= 4 is 5.78 Å². The number of carbonyl (C=O) groups is 1. The van der Waals surface area contributed by atoms with E-state index in [-0.39, 0.29) is 5.78 Å². The molecular weight excluding hydrogens is 166 g/mol. The van der Waals surface area contributed by atoms with Crippen LogP contribution < -0.4 is 5.32 Å². The second-order valence-corrected chi connectivity index (χ2v) is 3.42. The molecule has 74 valence electrons. The molecule has 0 aliphatic heterocycles. The predicted molar refractivity (Wildman–Crippen MR) is 51.4 cm³/mol. The van der Waals surface area contributed by atoms with E-state index in [9.17, 15) is 4.79 Å². The first-order chi connectivity index (χ1) is 6.22. The molecular formula is C10H17NO2. The SMILES string of the molecule is COC1CC=C(NCC(C)=O)CC1. The number of methoxy groups -OCH3 is 1. The average molecular weight is 183 g/mol. The van der Waals surface area contributed by atoms with Crippen LogP contribution in [0.4, 0.5) is 0 Å². The average Bonchev–Trinajstić information content (AvgIpc) is 2.15. The summed E-state index contributed by atoms with van der Waals surface area (Å²) in [7, 11) is 1.74. The molecule has 0 amide bonds. The highest BCUT2D eigenvalue weighted by Gasteiger charge is 2.12. The number of hydrogen-bond donors (Lipinski definition) is 1. The molecule has 1 unspecified atom stereocenters. The molecule has 1 N–H and O–H groups in total. The Labute approximate surface area is 79.2 Å². The molecule has 0 saturated carbocycles. The standard InChI is InChI=1S/C10H17NO2/c1-8(12)7-11-9-3-5-10(13-2)6-4-9/h3,10-11H,4-7H2,1-2H3. The van der Waals surface area contributed by atoms with Crippen molar-refractivity contribution < 1.29 is 9.53 Å². The van der Waals surface area contributed by atoms with Crippen LogP contribution in [0.2, 0.25) is 0 Å². The second kappa shape index (κ2) is 5.02. The highest BCUT2D eigenvalue weighted by Crippen LogP contribution is 2.17. The van der Waals surface area contributed by atoms with E-state index >= 15 is 0 Å². The maximum absolute atomic E-state index is 10.7. The molecule has 0 bridgehead atoms. The van der Waals surface area contributed by atoms with Gasteiger partial charge in [0.05, 0.1) is 12.6 Å². The lowest BCUT2D eigenvalue weighted by atomic mass is 10.0. The molecule has 0 saturated heterocycles. The van der Waals surface area contributed by atoms with Gasteiger partial charge in [-0.2, -0.15) is 0 Å². The number of carbonyl (C=O) groups excluding carboxylic acids is 1. The fourth-order valence-corrected chi connectivity index (χ4v) is 1.42. The van der Waals surface area contributed by atoms with Gasteiger partial charge in [-0.3, -0.25) is 4.79 Å². The third kappa shape index (κ3) is 3.59. The summed E-state index contributed by atoms with van der Waals surface area (Å²) < 4.78 is 5.23. The molecule has 0 aromatic carbocycles. The van der Waals surface area contributed by atoms with E-state index in [1.165, 1.54) is 5.70 Å². The Hall–Kier alpha value is -0.830. The molecule has 0 spiro atoms. The van der Waals surface area contributed by atoms with Gasteiger partial charge in [-0.25, -0.2) is 0 Å². The van der Waals surface area contributed by atoms with Gasteiger partial charge in [0.25, 0.3) is 0 Å². The molecule has 13 heavy (non-hydrogen) atoms. The van der Waals surface area contributed by atoms with E-state index in [2.05, 4.69) is 11.4 Å². The summed E-state index contributed by atoms with van der Waals surface area (Å²) in [5, 5.41) is 3.12. The van der Waals surface area contributed by atoms with Crippen molar-refractivity contribution in [2.45, 2.75) is 32.3 Å². The van der Waals surface area contributed by atoms with Crippen LogP contribution in [-0.2, 0) is 9.53 Å². The number of ether oxygens (including phenoxy) is 1. The Balaban J connectivity index is 2.29. The van der Waals surface area contributed by atoms with Gasteiger partial charge in [0.15, 0.2) is 0 Å². The summed E-state index contributed by atoms with van der Waals surface area (Å²) in [6, 6.07) is 0. The van der Waals surface area contributed by atoms with Gasteiger partial charge in [-0.05, 0) is 26.2 Å². The van der Waals surface area contributed by atoms with E-state index in [0.29, 0.717) is 12.6 Å². The summed E-state index contributed by atoms with van der Waals surface area (Å²) >= 11 is 0. The summed E-state index contributed by atoms with van der Waals surface area (Å²) in [6.45, 7) is 2.04. The first-order valence-corrected chi connectivity index (χ1v) is 4.67. The van der Waals surface area contributed by atoms with Gasteiger partial charge in [0.2, 0.25) is 0 Å². The Morgan fingerprint density at radius 1 is 1.77 bits per heavy atom. The Bertz CT molecular complexity index is 211. The number of hydrogen-bond acceptors (Lipinski definition) is 3. The van der Waals surface area contributed by atoms with Gasteiger partial charge >= 0.3 is 0 Å². The van der Waals surface area contributed by atoms with Crippen LogP contribution in [0.25, 0.3) is 0 Å². The zero-order valence-electron chi connectivity index (χ0n) is 8.30. The zero-order valence-corrected chi connectivity index (χ0v) is 8.30. The van der Waals surface area contributed by atoms with Gasteiger partial charge in [-0.15, -0.1) is 0 Å². The van der Waals surface area contributed by atoms with Gasteiger partial charge in [0.1, 0.15) is 5.78 Å². The molecule has 3 nitrogen and oxygen atoms in total. The van der Waals surface area contributed by atoms with Crippen LogP contribution in [-0.4, -0.2) is 25.5 Å². The van der Waals surface area contributed by atoms with E-state index in [4.69, 9.17) is 4.74 Å². The van der Waals surface area contributed by atoms with Crippen LogP contribution in [0.15, 0.2) is 11.8 Å². The lowest BCUT2D eigenvalue weighted by Crippen LogP contribution is -2.24. The Morgan fingerprint density at radius 2 is 2.54 bits per heavy atom. The van der Waals surface area contributed by atoms with Crippen LogP contribution >= 0.6 is 0 Å². The molecule has 3 heteroatoms. The van der Waals surface area contributed by atoms with Crippen molar-refractivity contribution in [1.82, 2.24) is 5.32 Å². The number of Topliss-reactive ketones (excluding diaryl/α,β-unsaturated/α-hetero) is 1. The Kier molecular flexibility index (Phi) is 3.96. The van der Waals surface area contributed by atoms with Crippen LogP contribution in [0.1, 0.15) is 26.2 Å². The molecule has 1 aliphatic carbocycles. The minimum absolute atomic E-state index is 0.176. The summed E-state index contributed by atoms with van der Waals surface area (Å²) in [5.74, 6) is 0.176. The zero-order chi connectivity index (χ0) is 9.68. The highest BCUT2D eigenvalue weighted by molar-refractivity contribution is 5.77. The maximum atomic E-state index is 10.7. The van der Waals surface area contributed by atoms with Gasteiger partial charge in [-0.1, -0.05) is 6.08 Å². The van der Waals surface area contributed by atoms with Gasteiger partial charge in [0, 0.05) is 12.8 Å². The number of ketones is 1. The third-order valence-corrected chi connectivity index (χ3v) is 2.26. The van der Waals surface area contributed by atoms with E-state index in [1.807, 2.05) is 0 Å². The first kappa shape index (κ1) is 10.3. The number of allylic oxidation sites excluding steroid dienone is 1. The molecule has 1 atom stereocenters. The largest absolute Gasteiger partial charge is 0.382 e. The lowest BCUT2D eigenvalue weighted by Gasteiger charge is -2.21. The second-order valence-electron chi connectivity index (χ2n) is 3.42. The summed E-state index contributed by atoms with van der Waals surface area (Å²) in [5.41, 5.74) is 1.18. The van der Waals surface area contributed by atoms with Crippen LogP contribution in [0.5, 0.6) is 0 Å². The fraction of sp³-hybridized carbons (Fsp3) is 0.700. The molecule has 1 rings (SSSR count). The van der Waals surface area contributed by atoms with Crippen LogP contribution in [0.3, 0.4) is 0 Å². The lowest BCUT2D eigenvalue weighted by molar-refractivity contribution is -0.116. The van der Waals surface area contributed by atoms with E-state index in [1.54, 1.807) is 14.0 Å². The Morgan fingerprint density at radius 3 is 3.00 bits per heavy atom. The smallest absolute Gasteiger partial charge is 0.148 e. The molecule has 1 aliphatic rings. The van der Waals surface area contributed by atoms with Crippen molar-refractivity contribution in [2.24, 2.45) is 0 Å². The number of rotatable bonds is 4. The minimum Gasteiger partial charge on any atom is -0.382 e. The predicted octanol–water partition coefficient (Wildman–Crippen LogP) is 1.25. The topological polar surface area (TPSA) is 38.3 Å². The monoisotopic (exact) mass is 183 g/mol. The minimum atomic E-state index is 0.176. The van der Waals surface area contributed by atoms with Crippen LogP contribution in [0, 0.1) is 0 Å². The van der Waals surface area contributed by atoms with E-state index < -0.39 is 0 Å². The molecule has 0 heterocycles. The van der Waals surface area contributed by atoms with Crippen molar-refractivity contribution in [3.8, 4) is 0 Å². The van der Waals surface area contributed by atoms with Crippen molar-refractivity contribution in [3.63, 3.8) is 0 Å². The molecule has 0 radical (unpaired) electrons. The fourth-order valence-electron chi connectivity index (χ4n) is 1.42. The highest BCUT2D eigenvalue weighted by atomic mass is 16.5. The quantitative estimate of drug-likeness (QED) is 0.712. The first-order valence-electron chi connectivity index (χ1n) is 4.67. The molecule has 0 aromatic heterocycles. The van der Waals surface area contributed by atoms with E-state index in [0.717, 1.165) is 19.3 Å². The maximum Gasteiger partial charge on any atom is 0.148 e. The molecule has 0 fully saturated rings. The molecule has 0 aromatic rings. The van der Waals surface area contributed by atoms with Gasteiger partial charge < -0.3 is 10.1 Å². The normalized spacial score (nSPS) is 22.3. The summed E-state index contributed by atoms with van der Waals surface area (Å²) in [6.07, 6.45) is 5.49. The summed E-state index contributed by atoms with van der Waals surface area (Å²) in [4.78, 5) is 10.7. The van der Waals surface area contributed by atoms with Crippen molar-refractivity contribution in [2.75, 3.05) is 13.7 Å². The van der Waals surface area contributed by atoms with Crippen molar-refractivity contribution in [3.05, 3.63) is 11.8 Å². The number of nitrogens with one attached hydrogen (secondary N) is 1. The van der Waals surface area contributed by atoms with Crippen molar-refractivity contribution in [1.29, 1.82) is 0 Å². The third-order valence-electron chi connectivity index (χ3n) is 2.26.